The Morgan fingerprint density at radius 1 is 1.06 bits per heavy atom. The van der Waals surface area contributed by atoms with E-state index in [0.29, 0.717) is 42.8 Å². The van der Waals surface area contributed by atoms with Crippen LogP contribution in [0.15, 0.2) is 42.5 Å². The van der Waals surface area contributed by atoms with Crippen LogP contribution in [-0.4, -0.2) is 38.7 Å². The summed E-state index contributed by atoms with van der Waals surface area (Å²) in [6.07, 6.45) is -1.44. The number of nitrogens with one attached hydrogen (secondary N) is 2. The Labute approximate surface area is 210 Å². The van der Waals surface area contributed by atoms with Crippen LogP contribution in [0.2, 0.25) is 10.0 Å². The van der Waals surface area contributed by atoms with Crippen LogP contribution in [-0.2, 0) is 12.7 Å². The molecule has 2 aromatic carbocycles. The molecule has 0 unspecified atom stereocenters. The first-order valence-electron chi connectivity index (χ1n) is 11.1. The smallest absolute Gasteiger partial charge is 0.353 e. The maximum absolute atomic E-state index is 13.0. The van der Waals surface area contributed by atoms with E-state index in [1.54, 1.807) is 4.68 Å². The first kappa shape index (κ1) is 25.2. The number of amides is 1. The molecule has 1 aliphatic carbocycles. The lowest BCUT2D eigenvalue weighted by molar-refractivity contribution is -0.137. The molecule has 4 rings (SSSR count). The van der Waals surface area contributed by atoms with Gasteiger partial charge < -0.3 is 10.6 Å². The second kappa shape index (κ2) is 10.8. The molecule has 1 fully saturated rings. The van der Waals surface area contributed by atoms with E-state index in [-0.39, 0.29) is 16.6 Å². The monoisotopic (exact) mass is 526 g/mol. The van der Waals surface area contributed by atoms with Crippen LogP contribution >= 0.6 is 23.2 Å². The number of anilines is 1. The van der Waals surface area contributed by atoms with Crippen molar-refractivity contribution in [3.8, 4) is 0 Å². The number of halogens is 5. The van der Waals surface area contributed by atoms with Crippen LogP contribution in [0.1, 0.15) is 47.2 Å². The van der Waals surface area contributed by atoms with Crippen molar-refractivity contribution < 1.29 is 18.0 Å². The Bertz CT molecular complexity index is 1160. The Morgan fingerprint density at radius 2 is 1.77 bits per heavy atom. The first-order chi connectivity index (χ1) is 16.7. The van der Waals surface area contributed by atoms with E-state index in [1.165, 1.54) is 0 Å². The quantitative estimate of drug-likeness (QED) is 0.427. The molecule has 7 nitrogen and oxygen atoms in total. The summed E-state index contributed by atoms with van der Waals surface area (Å²) in [5.41, 5.74) is -0.0556. The van der Waals surface area contributed by atoms with Gasteiger partial charge in [0.2, 0.25) is 5.95 Å². The molecule has 186 valence electrons. The van der Waals surface area contributed by atoms with Gasteiger partial charge in [0, 0.05) is 17.6 Å². The summed E-state index contributed by atoms with van der Waals surface area (Å²) in [7, 11) is 0. The number of alkyl halides is 3. The second-order valence-corrected chi connectivity index (χ2v) is 9.39. The highest BCUT2D eigenvalue weighted by Gasteiger charge is 2.32. The molecule has 2 N–H and O–H groups in total. The molecule has 0 spiro atoms. The van der Waals surface area contributed by atoms with Crippen molar-refractivity contribution in [2.45, 2.75) is 44.4 Å². The largest absolute Gasteiger partial charge is 0.416 e. The summed E-state index contributed by atoms with van der Waals surface area (Å²) in [5.74, 6) is 0.319. The summed E-state index contributed by atoms with van der Waals surface area (Å²) in [5, 5.41) is 18.6. The van der Waals surface area contributed by atoms with Gasteiger partial charge in [-0.1, -0.05) is 40.4 Å². The molecule has 0 radical (unpaired) electrons. The number of hydrogen-bond acceptors (Lipinski definition) is 5. The molecule has 0 saturated heterocycles. The first-order valence-corrected chi connectivity index (χ1v) is 11.9. The number of tetrazole rings is 1. The molecule has 1 heterocycles. The fraction of sp³-hybridized carbons (Fsp3) is 0.391. The number of carbonyl (C=O) groups is 1. The van der Waals surface area contributed by atoms with Gasteiger partial charge in [-0.2, -0.15) is 13.2 Å². The topological polar surface area (TPSA) is 84.7 Å². The third-order valence-electron chi connectivity index (χ3n) is 6.05. The van der Waals surface area contributed by atoms with Gasteiger partial charge in [0.1, 0.15) is 0 Å². The zero-order chi connectivity index (χ0) is 25.0. The van der Waals surface area contributed by atoms with Gasteiger partial charge >= 0.3 is 6.18 Å². The third kappa shape index (κ3) is 6.64. The van der Waals surface area contributed by atoms with Gasteiger partial charge in [-0.25, -0.2) is 4.68 Å². The van der Waals surface area contributed by atoms with Gasteiger partial charge in [-0.05, 0) is 77.9 Å². The molecule has 35 heavy (non-hydrogen) atoms. The van der Waals surface area contributed by atoms with Gasteiger partial charge in [-0.15, -0.1) is 0 Å². The van der Waals surface area contributed by atoms with Crippen molar-refractivity contribution in [3.63, 3.8) is 0 Å². The van der Waals surface area contributed by atoms with Crippen LogP contribution in [0, 0.1) is 5.92 Å². The van der Waals surface area contributed by atoms with Gasteiger partial charge in [0.05, 0.1) is 22.7 Å². The molecular formula is C23H23Cl2F3N6O. The lowest BCUT2D eigenvalue weighted by Crippen LogP contribution is -2.38. The fourth-order valence-electron chi connectivity index (χ4n) is 4.09. The molecule has 0 bridgehead atoms. The molecule has 3 aromatic rings. The van der Waals surface area contributed by atoms with Crippen molar-refractivity contribution in [3.05, 3.63) is 69.2 Å². The fourth-order valence-corrected chi connectivity index (χ4v) is 4.42. The number of benzene rings is 2. The minimum atomic E-state index is -4.54. The molecule has 0 aliphatic heterocycles. The summed E-state index contributed by atoms with van der Waals surface area (Å²) in [6, 6.07) is 10.1. The number of nitrogens with zero attached hydrogens (tertiary/aromatic N) is 4. The molecule has 1 saturated carbocycles. The van der Waals surface area contributed by atoms with Crippen molar-refractivity contribution in [2.24, 2.45) is 5.92 Å². The lowest BCUT2D eigenvalue weighted by Gasteiger charge is -2.29. The average Bonchev–Trinajstić information content (AvgIpc) is 3.26. The number of carbonyl (C=O) groups excluding carboxylic acids is 1. The molecule has 1 aromatic heterocycles. The maximum Gasteiger partial charge on any atom is 0.416 e. The maximum atomic E-state index is 13.0. The van der Waals surface area contributed by atoms with Crippen molar-refractivity contribution >= 4 is 35.1 Å². The Balaban J connectivity index is 1.26. The van der Waals surface area contributed by atoms with Gasteiger partial charge in [0.25, 0.3) is 5.91 Å². The van der Waals surface area contributed by atoms with E-state index >= 15 is 0 Å². The number of rotatable bonds is 7. The number of hydrogen-bond donors (Lipinski definition) is 2. The van der Waals surface area contributed by atoms with Crippen LogP contribution in [0.25, 0.3) is 0 Å². The van der Waals surface area contributed by atoms with E-state index in [1.807, 2.05) is 24.3 Å². The zero-order valence-electron chi connectivity index (χ0n) is 18.5. The minimum absolute atomic E-state index is 0.00953. The van der Waals surface area contributed by atoms with Crippen molar-refractivity contribution in [1.82, 2.24) is 25.5 Å². The Hall–Kier alpha value is -2.85. The summed E-state index contributed by atoms with van der Waals surface area (Å²) >= 11 is 11.9. The summed E-state index contributed by atoms with van der Waals surface area (Å²) in [4.78, 5) is 12.6. The van der Waals surface area contributed by atoms with Crippen LogP contribution in [0.3, 0.4) is 0 Å². The highest BCUT2D eigenvalue weighted by atomic mass is 35.5. The molecule has 0 atom stereocenters. The Kier molecular flexibility index (Phi) is 7.81. The van der Waals surface area contributed by atoms with E-state index in [9.17, 15) is 18.0 Å². The zero-order valence-corrected chi connectivity index (χ0v) is 20.0. The SMILES string of the molecule is O=C(N[C@H]1CC[C@H](CNc2nnnn2Cc2ccc(Cl)cc2)CC1)c1cc(C(F)(F)F)ccc1Cl. The second-order valence-electron chi connectivity index (χ2n) is 8.55. The summed E-state index contributed by atoms with van der Waals surface area (Å²) < 4.78 is 40.6. The van der Waals surface area contributed by atoms with E-state index < -0.39 is 17.6 Å². The summed E-state index contributed by atoms with van der Waals surface area (Å²) in [6.45, 7) is 1.17. The molecular weight excluding hydrogens is 504 g/mol. The van der Waals surface area contributed by atoms with E-state index in [0.717, 1.165) is 36.6 Å². The molecule has 12 heteroatoms. The minimum Gasteiger partial charge on any atom is -0.353 e. The van der Waals surface area contributed by atoms with Gasteiger partial charge in [-0.3, -0.25) is 4.79 Å². The van der Waals surface area contributed by atoms with Crippen molar-refractivity contribution in [1.29, 1.82) is 0 Å². The van der Waals surface area contributed by atoms with Crippen molar-refractivity contribution in [2.75, 3.05) is 11.9 Å². The lowest BCUT2D eigenvalue weighted by atomic mass is 9.86. The normalized spacial score (nSPS) is 18.3. The standard InChI is InChI=1S/C23H23Cl2F3N6O/c24-17-6-1-15(2-7-17)13-34-22(31-32-33-34)29-12-14-3-8-18(9-4-14)30-21(35)19-11-16(23(26,27)28)5-10-20(19)25/h1-2,5-7,10-11,14,18H,3-4,8-9,12-13H2,(H,30,35)(H,29,31,33)/t14-,18-. The van der Waals surface area contributed by atoms with Gasteiger partial charge in [0.15, 0.2) is 0 Å². The number of aromatic nitrogens is 4. The molecule has 1 aliphatic rings. The third-order valence-corrected chi connectivity index (χ3v) is 6.63. The predicted octanol–water partition coefficient (Wildman–Crippen LogP) is 5.45. The highest BCUT2D eigenvalue weighted by molar-refractivity contribution is 6.33. The average molecular weight is 527 g/mol. The highest BCUT2D eigenvalue weighted by Crippen LogP contribution is 2.32. The Morgan fingerprint density at radius 3 is 2.46 bits per heavy atom. The van der Waals surface area contributed by atoms with Crippen LogP contribution in [0.4, 0.5) is 19.1 Å². The predicted molar refractivity (Wildman–Crippen MR) is 127 cm³/mol. The van der Waals surface area contributed by atoms with E-state index in [2.05, 4.69) is 26.2 Å². The van der Waals surface area contributed by atoms with Crippen LogP contribution < -0.4 is 10.6 Å². The van der Waals surface area contributed by atoms with Crippen LogP contribution in [0.5, 0.6) is 0 Å². The van der Waals surface area contributed by atoms with E-state index in [4.69, 9.17) is 23.2 Å². The molecule has 1 amide bonds.